The van der Waals surface area contributed by atoms with Crippen LogP contribution in [-0.4, -0.2) is 53.8 Å². The molecule has 1 aliphatic carbocycles. The summed E-state index contributed by atoms with van der Waals surface area (Å²) in [7, 11) is 0. The first-order valence-corrected chi connectivity index (χ1v) is 11.6. The zero-order valence-corrected chi connectivity index (χ0v) is 18.2. The summed E-state index contributed by atoms with van der Waals surface area (Å²) >= 11 is -1.88. The summed E-state index contributed by atoms with van der Waals surface area (Å²) in [4.78, 5) is 32.3. The molecule has 3 aromatic rings. The molecular formula is C23H21N3O5S. The quantitative estimate of drug-likeness (QED) is 0.471. The Kier molecular flexibility index (Phi) is 5.32. The van der Waals surface area contributed by atoms with E-state index in [9.17, 15) is 18.4 Å². The summed E-state index contributed by atoms with van der Waals surface area (Å²) < 4.78 is 26.1. The van der Waals surface area contributed by atoms with E-state index in [-0.39, 0.29) is 17.5 Å². The molecule has 32 heavy (non-hydrogen) atoms. The molecule has 9 heteroatoms. The van der Waals surface area contributed by atoms with E-state index in [0.717, 1.165) is 12.8 Å². The number of ketones is 2. The summed E-state index contributed by atoms with van der Waals surface area (Å²) in [5.41, 5.74) is 2.12. The molecule has 1 aliphatic heterocycles. The summed E-state index contributed by atoms with van der Waals surface area (Å²) in [6.45, 7) is 3.09. The Hall–Kier alpha value is -3.01. The van der Waals surface area contributed by atoms with Crippen molar-refractivity contribution in [2.24, 2.45) is 0 Å². The van der Waals surface area contributed by atoms with E-state index < -0.39 is 16.5 Å². The Balaban J connectivity index is 1.37. The SMILES string of the molecule is CC(N1CCC(c2noc(-c3ccc4c(c3)C(=O)c3ccccc3C4=O)n2)CC1)S(=O)O. The maximum absolute atomic E-state index is 13.0. The second kappa shape index (κ2) is 8.16. The summed E-state index contributed by atoms with van der Waals surface area (Å²) in [6, 6.07) is 11.8. The van der Waals surface area contributed by atoms with Crippen LogP contribution in [-0.2, 0) is 11.1 Å². The van der Waals surface area contributed by atoms with Crippen LogP contribution in [0, 0.1) is 0 Å². The number of benzene rings is 2. The van der Waals surface area contributed by atoms with Crippen LogP contribution in [0.3, 0.4) is 0 Å². The second-order valence-electron chi connectivity index (χ2n) is 8.11. The summed E-state index contributed by atoms with van der Waals surface area (Å²) in [5, 5.41) is 3.73. The molecule has 1 N–H and O–H groups in total. The lowest BCUT2D eigenvalue weighted by atomic mass is 9.83. The van der Waals surface area contributed by atoms with Gasteiger partial charge >= 0.3 is 0 Å². The van der Waals surface area contributed by atoms with E-state index in [1.54, 1.807) is 49.4 Å². The van der Waals surface area contributed by atoms with Crippen molar-refractivity contribution < 1.29 is 22.9 Å². The van der Waals surface area contributed by atoms with Gasteiger partial charge in [-0.25, -0.2) is 4.21 Å². The highest BCUT2D eigenvalue weighted by atomic mass is 32.2. The predicted molar refractivity (Wildman–Crippen MR) is 117 cm³/mol. The molecule has 2 heterocycles. The van der Waals surface area contributed by atoms with Gasteiger partial charge in [-0.15, -0.1) is 0 Å². The van der Waals surface area contributed by atoms with E-state index in [1.807, 2.05) is 4.90 Å². The van der Waals surface area contributed by atoms with Gasteiger partial charge in [0.1, 0.15) is 5.37 Å². The maximum atomic E-state index is 13.0. The molecule has 1 fully saturated rings. The average Bonchev–Trinajstić information content (AvgIpc) is 3.32. The van der Waals surface area contributed by atoms with Crippen LogP contribution in [0.25, 0.3) is 11.5 Å². The zero-order valence-electron chi connectivity index (χ0n) is 17.4. The Morgan fingerprint density at radius 3 is 2.31 bits per heavy atom. The standard InChI is InChI=1S/C23H21N3O5S/c1-13(32(29)30)26-10-8-14(9-11-26)22-24-23(31-25-22)15-6-7-18-19(12-15)21(28)17-5-3-2-4-16(17)20(18)27/h2-7,12-14H,8-11H2,1H3,(H,29,30). The highest BCUT2D eigenvalue weighted by Crippen LogP contribution is 2.32. The third-order valence-corrected chi connectivity index (χ3v) is 7.20. The molecule has 0 bridgehead atoms. The minimum Gasteiger partial charge on any atom is -0.334 e. The van der Waals surface area contributed by atoms with Gasteiger partial charge < -0.3 is 9.08 Å². The van der Waals surface area contributed by atoms with Crippen molar-refractivity contribution in [2.45, 2.75) is 31.1 Å². The molecule has 8 nitrogen and oxygen atoms in total. The van der Waals surface area contributed by atoms with E-state index >= 15 is 0 Å². The molecule has 2 aromatic carbocycles. The molecule has 0 saturated carbocycles. The molecule has 1 aromatic heterocycles. The first kappa shape index (κ1) is 20.9. The third kappa shape index (κ3) is 3.52. The molecule has 0 amide bonds. The van der Waals surface area contributed by atoms with Crippen molar-refractivity contribution in [1.29, 1.82) is 0 Å². The second-order valence-corrected chi connectivity index (χ2v) is 9.34. The highest BCUT2D eigenvalue weighted by Gasteiger charge is 2.31. The van der Waals surface area contributed by atoms with Crippen molar-refractivity contribution in [3.63, 3.8) is 0 Å². The van der Waals surface area contributed by atoms with Gasteiger partial charge in [-0.05, 0) is 38.0 Å². The molecule has 2 atom stereocenters. The van der Waals surface area contributed by atoms with Gasteiger partial charge in [-0.1, -0.05) is 29.4 Å². The summed E-state index contributed by atoms with van der Waals surface area (Å²) in [5.74, 6) is 0.616. The molecule has 2 aliphatic rings. The van der Waals surface area contributed by atoms with E-state index in [1.165, 1.54) is 0 Å². The highest BCUT2D eigenvalue weighted by molar-refractivity contribution is 7.79. The number of fused-ring (bicyclic) bond motifs is 2. The van der Waals surface area contributed by atoms with E-state index in [2.05, 4.69) is 10.1 Å². The van der Waals surface area contributed by atoms with Crippen molar-refractivity contribution in [2.75, 3.05) is 13.1 Å². The Bertz CT molecular complexity index is 1250. The van der Waals surface area contributed by atoms with Crippen LogP contribution in [0.2, 0.25) is 0 Å². The normalized spacial score (nSPS) is 18.8. The predicted octanol–water partition coefficient (Wildman–Crippen LogP) is 3.26. The molecule has 5 rings (SSSR count). The van der Waals surface area contributed by atoms with Crippen LogP contribution in [0.4, 0.5) is 0 Å². The lowest BCUT2D eigenvalue weighted by Gasteiger charge is -2.33. The monoisotopic (exact) mass is 451 g/mol. The van der Waals surface area contributed by atoms with Gasteiger partial charge in [0.25, 0.3) is 5.89 Å². The summed E-state index contributed by atoms with van der Waals surface area (Å²) in [6.07, 6.45) is 1.52. The number of aromatic nitrogens is 2. The van der Waals surface area contributed by atoms with E-state index in [0.29, 0.717) is 52.6 Å². The van der Waals surface area contributed by atoms with Crippen LogP contribution in [0.5, 0.6) is 0 Å². The molecule has 0 radical (unpaired) electrons. The van der Waals surface area contributed by atoms with Gasteiger partial charge in [-0.2, -0.15) is 4.98 Å². The smallest absolute Gasteiger partial charge is 0.257 e. The lowest BCUT2D eigenvalue weighted by Crippen LogP contribution is -2.41. The first-order valence-electron chi connectivity index (χ1n) is 10.4. The van der Waals surface area contributed by atoms with Gasteiger partial charge in [-0.3, -0.25) is 14.5 Å². The minimum absolute atomic E-state index is 0.0933. The minimum atomic E-state index is -1.88. The van der Waals surface area contributed by atoms with Crippen LogP contribution >= 0.6 is 0 Å². The molecule has 164 valence electrons. The Morgan fingerprint density at radius 2 is 1.66 bits per heavy atom. The number of likely N-dealkylation sites (tertiary alicyclic amines) is 1. The molecule has 2 unspecified atom stereocenters. The lowest BCUT2D eigenvalue weighted by molar-refractivity contribution is 0.0979. The molecule has 0 spiro atoms. The van der Waals surface area contributed by atoms with Gasteiger partial charge in [0.05, 0.1) is 0 Å². The number of hydrogen-bond donors (Lipinski definition) is 1. The van der Waals surface area contributed by atoms with Crippen molar-refractivity contribution in [3.05, 3.63) is 70.5 Å². The largest absolute Gasteiger partial charge is 0.334 e. The van der Waals surface area contributed by atoms with Crippen molar-refractivity contribution in [1.82, 2.24) is 15.0 Å². The average molecular weight is 452 g/mol. The Morgan fingerprint density at radius 1 is 1.03 bits per heavy atom. The topological polar surface area (TPSA) is 114 Å². The number of rotatable bonds is 4. The number of nitrogens with zero attached hydrogens (tertiary/aromatic N) is 3. The number of carbonyl (C=O) groups excluding carboxylic acids is 2. The van der Waals surface area contributed by atoms with Crippen LogP contribution < -0.4 is 0 Å². The van der Waals surface area contributed by atoms with Crippen molar-refractivity contribution >= 4 is 22.6 Å². The third-order valence-electron chi connectivity index (χ3n) is 6.31. The Labute approximate surface area is 186 Å². The maximum Gasteiger partial charge on any atom is 0.257 e. The van der Waals surface area contributed by atoms with Gasteiger partial charge in [0.15, 0.2) is 28.5 Å². The fraction of sp³-hybridized carbons (Fsp3) is 0.304. The number of piperidine rings is 1. The van der Waals surface area contributed by atoms with Gasteiger partial charge in [0.2, 0.25) is 0 Å². The zero-order chi connectivity index (χ0) is 22.4. The van der Waals surface area contributed by atoms with Gasteiger partial charge in [0, 0.05) is 46.8 Å². The number of hydrogen-bond acceptors (Lipinski definition) is 7. The number of carbonyl (C=O) groups is 2. The molecule has 1 saturated heterocycles. The van der Waals surface area contributed by atoms with Crippen molar-refractivity contribution in [3.8, 4) is 11.5 Å². The first-order chi connectivity index (χ1) is 15.4. The van der Waals surface area contributed by atoms with Crippen LogP contribution in [0.15, 0.2) is 47.0 Å². The fourth-order valence-electron chi connectivity index (χ4n) is 4.40. The molecular weight excluding hydrogens is 430 g/mol. The van der Waals surface area contributed by atoms with Crippen LogP contribution in [0.1, 0.15) is 63.4 Å². The van der Waals surface area contributed by atoms with E-state index in [4.69, 9.17) is 4.52 Å². The fourth-order valence-corrected chi connectivity index (χ4v) is 4.87.